The predicted octanol–water partition coefficient (Wildman–Crippen LogP) is 1.94. The van der Waals surface area contributed by atoms with Crippen LogP contribution in [0.5, 0.6) is 0 Å². The number of aromatic nitrogens is 1. The first-order valence-corrected chi connectivity index (χ1v) is 5.96. The van der Waals surface area contributed by atoms with Gasteiger partial charge in [-0.25, -0.2) is 9.78 Å². The molecule has 0 aliphatic rings. The highest BCUT2D eigenvalue weighted by Crippen LogP contribution is 2.08. The number of rotatable bonds is 5. The second-order valence-electron chi connectivity index (χ2n) is 4.47. The van der Waals surface area contributed by atoms with Crippen molar-refractivity contribution < 1.29 is 14.7 Å². The Morgan fingerprint density at radius 3 is 2.61 bits per heavy atom. The van der Waals surface area contributed by atoms with E-state index in [0.717, 1.165) is 6.42 Å². The van der Waals surface area contributed by atoms with E-state index in [1.165, 1.54) is 18.3 Å². The van der Waals surface area contributed by atoms with Gasteiger partial charge in [-0.3, -0.25) is 4.79 Å². The number of carbonyl (C=O) groups excluding carboxylic acids is 1. The number of hydrogen-bond donors (Lipinski definition) is 2. The number of nitrogens with zero attached hydrogens (tertiary/aromatic N) is 1. The Morgan fingerprint density at radius 2 is 2.11 bits per heavy atom. The van der Waals surface area contributed by atoms with Gasteiger partial charge in [0.1, 0.15) is 5.69 Å². The maximum absolute atomic E-state index is 12.0. The third kappa shape index (κ3) is 3.55. The van der Waals surface area contributed by atoms with Gasteiger partial charge in [0.2, 0.25) is 0 Å². The van der Waals surface area contributed by atoms with E-state index < -0.39 is 5.97 Å². The van der Waals surface area contributed by atoms with Gasteiger partial charge in [-0.15, -0.1) is 0 Å². The number of hydrogen-bond acceptors (Lipinski definition) is 3. The first-order chi connectivity index (χ1) is 8.45. The molecule has 98 valence electrons. The van der Waals surface area contributed by atoms with Crippen molar-refractivity contribution in [1.82, 2.24) is 10.3 Å². The highest BCUT2D eigenvalue weighted by Gasteiger charge is 2.16. The zero-order valence-corrected chi connectivity index (χ0v) is 10.8. The highest BCUT2D eigenvalue weighted by atomic mass is 16.4. The summed E-state index contributed by atoms with van der Waals surface area (Å²) in [6.45, 7) is 6.06. The molecule has 0 aliphatic heterocycles. The average Bonchev–Trinajstić information content (AvgIpc) is 2.35. The number of carboxylic acid groups (broad SMARTS) is 1. The van der Waals surface area contributed by atoms with Crippen LogP contribution >= 0.6 is 0 Å². The molecule has 0 fully saturated rings. The quantitative estimate of drug-likeness (QED) is 0.837. The van der Waals surface area contributed by atoms with E-state index in [1.807, 2.05) is 20.8 Å². The molecule has 1 rings (SSSR count). The Balaban J connectivity index is 2.84. The smallest absolute Gasteiger partial charge is 0.354 e. The largest absolute Gasteiger partial charge is 0.477 e. The molecule has 18 heavy (non-hydrogen) atoms. The second-order valence-corrected chi connectivity index (χ2v) is 4.47. The lowest BCUT2D eigenvalue weighted by Gasteiger charge is -2.20. The van der Waals surface area contributed by atoms with Crippen molar-refractivity contribution in [2.24, 2.45) is 5.92 Å². The summed E-state index contributed by atoms with van der Waals surface area (Å²) in [6, 6.07) is 2.87. The number of amides is 1. The molecule has 1 atom stereocenters. The van der Waals surface area contributed by atoms with Crippen LogP contribution in [0.4, 0.5) is 0 Å². The van der Waals surface area contributed by atoms with Crippen LogP contribution < -0.4 is 5.32 Å². The van der Waals surface area contributed by atoms with E-state index in [2.05, 4.69) is 10.3 Å². The lowest BCUT2D eigenvalue weighted by Crippen LogP contribution is -2.38. The fourth-order valence-corrected chi connectivity index (χ4v) is 1.68. The van der Waals surface area contributed by atoms with Crippen LogP contribution in [0, 0.1) is 5.92 Å². The summed E-state index contributed by atoms with van der Waals surface area (Å²) in [5, 5.41) is 11.7. The topological polar surface area (TPSA) is 79.3 Å². The Bertz CT molecular complexity index is 444. The van der Waals surface area contributed by atoms with E-state index in [-0.39, 0.29) is 17.6 Å². The molecule has 5 nitrogen and oxygen atoms in total. The maximum atomic E-state index is 12.0. The lowest BCUT2D eigenvalue weighted by atomic mass is 10.0. The van der Waals surface area contributed by atoms with Crippen molar-refractivity contribution in [2.45, 2.75) is 33.2 Å². The van der Waals surface area contributed by atoms with Crippen molar-refractivity contribution in [3.63, 3.8) is 0 Å². The van der Waals surface area contributed by atoms with E-state index in [4.69, 9.17) is 5.11 Å². The molecule has 1 amide bonds. The standard InChI is InChI=1S/C13H18N2O3/c1-4-10(8(2)3)15-12(16)9-5-6-14-11(7-9)13(17)18/h5-8,10H,4H2,1-3H3,(H,15,16)(H,17,18). The zero-order valence-electron chi connectivity index (χ0n) is 10.8. The molecular weight excluding hydrogens is 232 g/mol. The summed E-state index contributed by atoms with van der Waals surface area (Å²) in [7, 11) is 0. The fourth-order valence-electron chi connectivity index (χ4n) is 1.68. The molecule has 1 aromatic rings. The van der Waals surface area contributed by atoms with E-state index >= 15 is 0 Å². The molecule has 0 radical (unpaired) electrons. The van der Waals surface area contributed by atoms with Crippen molar-refractivity contribution in [2.75, 3.05) is 0 Å². The van der Waals surface area contributed by atoms with Crippen LogP contribution in [0.15, 0.2) is 18.3 Å². The van der Waals surface area contributed by atoms with Crippen LogP contribution in [0.25, 0.3) is 0 Å². The SMILES string of the molecule is CCC(NC(=O)c1ccnc(C(=O)O)c1)C(C)C. The number of aromatic carboxylic acids is 1. The minimum absolute atomic E-state index is 0.0824. The molecule has 0 bridgehead atoms. The molecule has 0 saturated heterocycles. The number of pyridine rings is 1. The molecular formula is C13H18N2O3. The minimum Gasteiger partial charge on any atom is -0.477 e. The zero-order chi connectivity index (χ0) is 13.7. The number of carbonyl (C=O) groups is 2. The van der Waals surface area contributed by atoms with Gasteiger partial charge in [0.25, 0.3) is 5.91 Å². The second kappa shape index (κ2) is 6.14. The molecule has 1 heterocycles. The van der Waals surface area contributed by atoms with E-state index in [1.54, 1.807) is 0 Å². The van der Waals surface area contributed by atoms with Gasteiger partial charge >= 0.3 is 5.97 Å². The molecule has 1 unspecified atom stereocenters. The summed E-state index contributed by atoms with van der Waals surface area (Å²) in [4.78, 5) is 26.4. The Morgan fingerprint density at radius 1 is 1.44 bits per heavy atom. The molecule has 0 aromatic carbocycles. The summed E-state index contributed by atoms with van der Waals surface area (Å²) < 4.78 is 0. The molecule has 0 saturated carbocycles. The van der Waals surface area contributed by atoms with Crippen LogP contribution in [-0.2, 0) is 0 Å². The average molecular weight is 250 g/mol. The third-order valence-electron chi connectivity index (χ3n) is 2.80. The van der Waals surface area contributed by atoms with E-state index in [0.29, 0.717) is 11.5 Å². The van der Waals surface area contributed by atoms with Crippen LogP contribution in [0.1, 0.15) is 48.0 Å². The van der Waals surface area contributed by atoms with Gasteiger partial charge in [0.05, 0.1) is 0 Å². The molecule has 2 N–H and O–H groups in total. The first kappa shape index (κ1) is 14.2. The summed E-state index contributed by atoms with van der Waals surface area (Å²) in [5.41, 5.74) is 0.196. The van der Waals surface area contributed by atoms with Gasteiger partial charge in [-0.1, -0.05) is 20.8 Å². The Labute approximate surface area is 106 Å². The predicted molar refractivity (Wildman–Crippen MR) is 67.6 cm³/mol. The van der Waals surface area contributed by atoms with Crippen LogP contribution in [0.2, 0.25) is 0 Å². The van der Waals surface area contributed by atoms with Crippen molar-refractivity contribution >= 4 is 11.9 Å². The van der Waals surface area contributed by atoms with Gasteiger partial charge in [-0.2, -0.15) is 0 Å². The number of nitrogens with one attached hydrogen (secondary N) is 1. The molecule has 0 spiro atoms. The summed E-state index contributed by atoms with van der Waals surface area (Å²) >= 11 is 0. The maximum Gasteiger partial charge on any atom is 0.354 e. The number of carboxylic acids is 1. The summed E-state index contributed by atoms with van der Waals surface area (Å²) in [6.07, 6.45) is 2.16. The van der Waals surface area contributed by atoms with Crippen LogP contribution in [-0.4, -0.2) is 28.0 Å². The molecule has 1 aromatic heterocycles. The summed E-state index contributed by atoms with van der Waals surface area (Å²) in [5.74, 6) is -1.07. The molecule has 0 aliphatic carbocycles. The van der Waals surface area contributed by atoms with E-state index in [9.17, 15) is 9.59 Å². The van der Waals surface area contributed by atoms with Crippen LogP contribution in [0.3, 0.4) is 0 Å². The fraction of sp³-hybridized carbons (Fsp3) is 0.462. The normalized spacial score (nSPS) is 12.2. The third-order valence-corrected chi connectivity index (χ3v) is 2.80. The van der Waals surface area contributed by atoms with Crippen molar-refractivity contribution in [1.29, 1.82) is 0 Å². The first-order valence-electron chi connectivity index (χ1n) is 5.96. The molecule has 5 heteroatoms. The highest BCUT2D eigenvalue weighted by molar-refractivity contribution is 5.96. The minimum atomic E-state index is -1.14. The van der Waals surface area contributed by atoms with Crippen molar-refractivity contribution in [3.05, 3.63) is 29.6 Å². The van der Waals surface area contributed by atoms with Gasteiger partial charge in [0.15, 0.2) is 0 Å². The van der Waals surface area contributed by atoms with Gasteiger partial charge < -0.3 is 10.4 Å². The van der Waals surface area contributed by atoms with Gasteiger partial charge in [0, 0.05) is 17.8 Å². The van der Waals surface area contributed by atoms with Gasteiger partial charge in [-0.05, 0) is 24.5 Å². The Kier molecular flexibility index (Phi) is 4.83. The monoisotopic (exact) mass is 250 g/mol. The lowest BCUT2D eigenvalue weighted by molar-refractivity contribution is 0.0690. The van der Waals surface area contributed by atoms with Crippen molar-refractivity contribution in [3.8, 4) is 0 Å². The Hall–Kier alpha value is -1.91.